The van der Waals surface area contributed by atoms with Crippen molar-refractivity contribution in [3.8, 4) is 5.75 Å². The molecule has 0 fully saturated rings. The van der Waals surface area contributed by atoms with Crippen LogP contribution in [0.15, 0.2) is 24.3 Å². The highest BCUT2D eigenvalue weighted by molar-refractivity contribution is 5.72. The van der Waals surface area contributed by atoms with Gasteiger partial charge < -0.3 is 10.5 Å². The second-order valence-electron chi connectivity index (χ2n) is 3.56. The first-order chi connectivity index (χ1) is 7.81. The fraction of sp³-hybridized carbons (Fsp3) is 0.429. The Kier molecular flexibility index (Phi) is 5.06. The van der Waals surface area contributed by atoms with E-state index in [1.807, 2.05) is 19.9 Å². The molecule has 0 aromatic heterocycles. The summed E-state index contributed by atoms with van der Waals surface area (Å²) >= 11 is 0. The van der Waals surface area contributed by atoms with Crippen LogP contribution in [0.25, 0.3) is 5.57 Å². The molecule has 0 aliphatic carbocycles. The lowest BCUT2D eigenvalue weighted by molar-refractivity contribution is 0.316. The van der Waals surface area contributed by atoms with E-state index in [4.69, 9.17) is 10.5 Å². The molecule has 88 valence electrons. The molecule has 0 atom stereocenters. The number of benzene rings is 1. The lowest BCUT2D eigenvalue weighted by Gasteiger charge is -2.20. The summed E-state index contributed by atoms with van der Waals surface area (Å²) in [4.78, 5) is 0. The lowest BCUT2D eigenvalue weighted by atomic mass is 9.98. The fourth-order valence-corrected chi connectivity index (χ4v) is 1.78. The van der Waals surface area contributed by atoms with Crippen molar-refractivity contribution in [3.05, 3.63) is 35.4 Å². The number of hydrogen-bond donors (Lipinski definition) is 1. The Bertz CT molecular complexity index is 369. The van der Waals surface area contributed by atoms with Gasteiger partial charge in [0, 0.05) is 18.5 Å². The first-order valence-corrected chi connectivity index (χ1v) is 5.94. The molecule has 1 aliphatic rings. The smallest absolute Gasteiger partial charge is 0.126 e. The van der Waals surface area contributed by atoms with Gasteiger partial charge in [0.15, 0.2) is 0 Å². The van der Waals surface area contributed by atoms with Crippen molar-refractivity contribution in [2.75, 3.05) is 13.2 Å². The van der Waals surface area contributed by atoms with Gasteiger partial charge in [-0.05, 0) is 24.6 Å². The Hall–Kier alpha value is -1.28. The Morgan fingerprint density at radius 2 is 2.12 bits per heavy atom. The number of ether oxygens (including phenoxy) is 1. The SMILES string of the molecule is CC.Cc1ccc2c(c1)/C(=C\CN)CCO2. The summed E-state index contributed by atoms with van der Waals surface area (Å²) in [5.41, 5.74) is 9.33. The van der Waals surface area contributed by atoms with Crippen molar-refractivity contribution in [2.24, 2.45) is 5.73 Å². The molecule has 0 bridgehead atoms. The average molecular weight is 219 g/mol. The van der Waals surface area contributed by atoms with Crippen molar-refractivity contribution in [3.63, 3.8) is 0 Å². The molecule has 1 aromatic rings. The molecule has 0 spiro atoms. The highest BCUT2D eigenvalue weighted by Crippen LogP contribution is 2.33. The van der Waals surface area contributed by atoms with E-state index in [2.05, 4.69) is 25.1 Å². The maximum absolute atomic E-state index is 5.57. The molecule has 0 saturated carbocycles. The monoisotopic (exact) mass is 219 g/mol. The molecule has 2 N–H and O–H groups in total. The normalized spacial score (nSPS) is 15.9. The van der Waals surface area contributed by atoms with Crippen molar-refractivity contribution in [1.82, 2.24) is 0 Å². The first kappa shape index (κ1) is 12.8. The van der Waals surface area contributed by atoms with E-state index in [0.717, 1.165) is 18.8 Å². The largest absolute Gasteiger partial charge is 0.493 e. The zero-order chi connectivity index (χ0) is 12.0. The highest BCUT2D eigenvalue weighted by atomic mass is 16.5. The quantitative estimate of drug-likeness (QED) is 0.787. The van der Waals surface area contributed by atoms with Gasteiger partial charge in [-0.3, -0.25) is 0 Å². The Morgan fingerprint density at radius 1 is 1.38 bits per heavy atom. The number of rotatable bonds is 1. The summed E-state index contributed by atoms with van der Waals surface area (Å²) in [6, 6.07) is 6.27. The number of hydrogen-bond acceptors (Lipinski definition) is 2. The van der Waals surface area contributed by atoms with Gasteiger partial charge in [-0.2, -0.15) is 0 Å². The van der Waals surface area contributed by atoms with Gasteiger partial charge in [0.2, 0.25) is 0 Å². The van der Waals surface area contributed by atoms with Crippen LogP contribution in [0.2, 0.25) is 0 Å². The second-order valence-corrected chi connectivity index (χ2v) is 3.56. The third-order valence-electron chi connectivity index (χ3n) is 2.47. The minimum absolute atomic E-state index is 0.600. The molecule has 0 radical (unpaired) electrons. The Balaban J connectivity index is 0.000000606. The molecule has 0 unspecified atom stereocenters. The van der Waals surface area contributed by atoms with Crippen molar-refractivity contribution >= 4 is 5.57 Å². The minimum Gasteiger partial charge on any atom is -0.493 e. The van der Waals surface area contributed by atoms with E-state index in [-0.39, 0.29) is 0 Å². The molecule has 1 heterocycles. The lowest BCUT2D eigenvalue weighted by Crippen LogP contribution is -2.09. The molecular weight excluding hydrogens is 198 g/mol. The van der Waals surface area contributed by atoms with Crippen LogP contribution in [-0.2, 0) is 0 Å². The van der Waals surface area contributed by atoms with E-state index in [1.165, 1.54) is 16.7 Å². The van der Waals surface area contributed by atoms with E-state index in [1.54, 1.807) is 0 Å². The fourth-order valence-electron chi connectivity index (χ4n) is 1.78. The second kappa shape index (κ2) is 6.33. The van der Waals surface area contributed by atoms with Crippen molar-refractivity contribution in [1.29, 1.82) is 0 Å². The van der Waals surface area contributed by atoms with Gasteiger partial charge in [0.05, 0.1) is 6.61 Å². The van der Waals surface area contributed by atoms with Crippen LogP contribution in [0.1, 0.15) is 31.4 Å². The van der Waals surface area contributed by atoms with E-state index < -0.39 is 0 Å². The predicted octanol–water partition coefficient (Wildman–Crippen LogP) is 3.15. The molecule has 1 aliphatic heterocycles. The summed E-state index contributed by atoms with van der Waals surface area (Å²) in [6.45, 7) is 7.46. The van der Waals surface area contributed by atoms with Gasteiger partial charge in [-0.15, -0.1) is 0 Å². The molecule has 2 rings (SSSR count). The van der Waals surface area contributed by atoms with Crippen LogP contribution in [-0.4, -0.2) is 13.2 Å². The number of aryl methyl sites for hydroxylation is 1. The Morgan fingerprint density at radius 3 is 2.81 bits per heavy atom. The predicted molar refractivity (Wildman–Crippen MR) is 69.7 cm³/mol. The van der Waals surface area contributed by atoms with Crippen LogP contribution in [0.5, 0.6) is 5.75 Å². The van der Waals surface area contributed by atoms with Crippen molar-refractivity contribution in [2.45, 2.75) is 27.2 Å². The topological polar surface area (TPSA) is 35.2 Å². The van der Waals surface area contributed by atoms with Gasteiger partial charge in [-0.1, -0.05) is 31.6 Å². The third kappa shape index (κ3) is 2.86. The number of nitrogens with two attached hydrogens (primary N) is 1. The van der Waals surface area contributed by atoms with Crippen LogP contribution < -0.4 is 10.5 Å². The molecule has 0 amide bonds. The third-order valence-corrected chi connectivity index (χ3v) is 2.47. The Labute approximate surface area is 98.1 Å². The molecule has 16 heavy (non-hydrogen) atoms. The summed E-state index contributed by atoms with van der Waals surface area (Å²) in [7, 11) is 0. The minimum atomic E-state index is 0.600. The van der Waals surface area contributed by atoms with E-state index >= 15 is 0 Å². The maximum Gasteiger partial charge on any atom is 0.126 e. The molecule has 0 saturated heterocycles. The van der Waals surface area contributed by atoms with Gasteiger partial charge in [0.25, 0.3) is 0 Å². The van der Waals surface area contributed by atoms with E-state index in [0.29, 0.717) is 6.54 Å². The van der Waals surface area contributed by atoms with Crippen LogP contribution in [0.3, 0.4) is 0 Å². The molecule has 2 nitrogen and oxygen atoms in total. The van der Waals surface area contributed by atoms with Crippen LogP contribution in [0.4, 0.5) is 0 Å². The average Bonchev–Trinajstić information content (AvgIpc) is 2.33. The zero-order valence-corrected chi connectivity index (χ0v) is 10.4. The highest BCUT2D eigenvalue weighted by Gasteiger charge is 2.14. The standard InChI is InChI=1S/C12H15NO.C2H6/c1-9-2-3-12-11(8-9)10(4-6-13)5-7-14-12;1-2/h2-4,8H,5-7,13H2,1H3;1-2H3/b10-4-;. The summed E-state index contributed by atoms with van der Waals surface area (Å²) < 4.78 is 5.57. The summed E-state index contributed by atoms with van der Waals surface area (Å²) in [6.07, 6.45) is 3.05. The summed E-state index contributed by atoms with van der Waals surface area (Å²) in [5, 5.41) is 0. The first-order valence-electron chi connectivity index (χ1n) is 5.94. The van der Waals surface area contributed by atoms with Crippen molar-refractivity contribution < 1.29 is 4.74 Å². The molecule has 2 heteroatoms. The van der Waals surface area contributed by atoms with Gasteiger partial charge in [-0.25, -0.2) is 0 Å². The van der Waals surface area contributed by atoms with E-state index in [9.17, 15) is 0 Å². The summed E-state index contributed by atoms with van der Waals surface area (Å²) in [5.74, 6) is 0.988. The molecular formula is C14H21NO. The maximum atomic E-state index is 5.57. The number of fused-ring (bicyclic) bond motifs is 1. The van der Waals surface area contributed by atoms with Crippen LogP contribution >= 0.6 is 0 Å². The van der Waals surface area contributed by atoms with Gasteiger partial charge in [0.1, 0.15) is 5.75 Å². The molecule has 1 aromatic carbocycles. The van der Waals surface area contributed by atoms with Gasteiger partial charge >= 0.3 is 0 Å². The van der Waals surface area contributed by atoms with Crippen LogP contribution in [0, 0.1) is 6.92 Å². The zero-order valence-electron chi connectivity index (χ0n) is 10.4.